The summed E-state index contributed by atoms with van der Waals surface area (Å²) in [6.07, 6.45) is 1.04. The third kappa shape index (κ3) is 3.89. The van der Waals surface area contributed by atoms with Crippen molar-refractivity contribution >= 4 is 0 Å². The van der Waals surface area contributed by atoms with Crippen molar-refractivity contribution in [2.24, 2.45) is 11.3 Å². The zero-order valence-electron chi connectivity index (χ0n) is 13.9. The van der Waals surface area contributed by atoms with Gasteiger partial charge in [0.15, 0.2) is 0 Å². The molecule has 1 N–H and O–H groups in total. The molecule has 20 heavy (non-hydrogen) atoms. The molecule has 0 aliphatic rings. The molecule has 0 radical (unpaired) electrons. The number of hydrogen-bond acceptors (Lipinski definition) is 3. The molecule has 1 rings (SSSR count). The Hall–Kier alpha value is -1.22. The van der Waals surface area contributed by atoms with Crippen molar-refractivity contribution in [3.05, 3.63) is 23.8 Å². The Kier molecular flexibility index (Phi) is 5.88. The summed E-state index contributed by atoms with van der Waals surface area (Å²) in [5.41, 5.74) is 1.39. The van der Waals surface area contributed by atoms with Gasteiger partial charge in [-0.3, -0.25) is 0 Å². The molecule has 0 saturated carbocycles. The molecule has 0 bridgehead atoms. The van der Waals surface area contributed by atoms with E-state index in [1.54, 1.807) is 14.2 Å². The Bertz CT molecular complexity index is 401. The van der Waals surface area contributed by atoms with E-state index in [4.69, 9.17) is 9.47 Å². The second-order valence-corrected chi connectivity index (χ2v) is 6.42. The number of hydrogen-bond donors (Lipinski definition) is 1. The topological polar surface area (TPSA) is 30.5 Å². The quantitative estimate of drug-likeness (QED) is 0.852. The molecular weight excluding hydrogens is 250 g/mol. The molecule has 0 aliphatic carbocycles. The van der Waals surface area contributed by atoms with Crippen molar-refractivity contribution in [3.63, 3.8) is 0 Å². The van der Waals surface area contributed by atoms with Crippen LogP contribution < -0.4 is 14.8 Å². The number of benzene rings is 1. The number of rotatable bonds is 6. The number of ether oxygens (including phenoxy) is 2. The molecule has 0 spiro atoms. The van der Waals surface area contributed by atoms with Crippen LogP contribution in [0.2, 0.25) is 0 Å². The summed E-state index contributed by atoms with van der Waals surface area (Å²) < 4.78 is 11.0. The maximum Gasteiger partial charge on any atom is 0.127 e. The number of nitrogens with one attached hydrogen (secondary N) is 1. The summed E-state index contributed by atoms with van der Waals surface area (Å²) in [6, 6.07) is 6.16. The van der Waals surface area contributed by atoms with Gasteiger partial charge >= 0.3 is 0 Å². The van der Waals surface area contributed by atoms with Gasteiger partial charge in [-0.05, 0) is 36.9 Å². The van der Waals surface area contributed by atoms with Crippen LogP contribution in [0.4, 0.5) is 0 Å². The van der Waals surface area contributed by atoms with Crippen molar-refractivity contribution < 1.29 is 9.47 Å². The fourth-order valence-corrected chi connectivity index (χ4v) is 2.31. The molecule has 2 unspecified atom stereocenters. The van der Waals surface area contributed by atoms with Crippen LogP contribution in [-0.2, 0) is 0 Å². The third-order valence-corrected chi connectivity index (χ3v) is 4.23. The maximum absolute atomic E-state index is 5.52. The minimum Gasteiger partial charge on any atom is -0.496 e. The Labute approximate surface area is 123 Å². The summed E-state index contributed by atoms with van der Waals surface area (Å²) >= 11 is 0. The molecule has 2 atom stereocenters. The molecule has 0 heterocycles. The minimum atomic E-state index is 0.218. The van der Waals surface area contributed by atoms with E-state index in [0.29, 0.717) is 5.92 Å². The molecule has 1 aromatic carbocycles. The predicted molar refractivity (Wildman–Crippen MR) is 84.6 cm³/mol. The summed E-state index contributed by atoms with van der Waals surface area (Å²) in [7, 11) is 5.41. The van der Waals surface area contributed by atoms with Crippen LogP contribution in [0.3, 0.4) is 0 Å². The van der Waals surface area contributed by atoms with Gasteiger partial charge in [0.25, 0.3) is 0 Å². The lowest BCUT2D eigenvalue weighted by atomic mass is 9.77. The Morgan fingerprint density at radius 2 is 1.60 bits per heavy atom. The van der Waals surface area contributed by atoms with Gasteiger partial charge in [0.05, 0.1) is 19.8 Å². The number of methoxy groups -OCH3 is 2. The molecule has 114 valence electrons. The van der Waals surface area contributed by atoms with E-state index in [1.807, 2.05) is 25.2 Å². The maximum atomic E-state index is 5.52. The van der Waals surface area contributed by atoms with Crippen molar-refractivity contribution in [1.29, 1.82) is 0 Å². The van der Waals surface area contributed by atoms with E-state index in [0.717, 1.165) is 23.5 Å². The fraction of sp³-hybridized carbons (Fsp3) is 0.647. The summed E-state index contributed by atoms with van der Waals surface area (Å²) in [6.45, 7) is 9.14. The summed E-state index contributed by atoms with van der Waals surface area (Å²) in [4.78, 5) is 0. The first-order chi connectivity index (χ1) is 9.35. The fourth-order valence-electron chi connectivity index (χ4n) is 2.31. The van der Waals surface area contributed by atoms with E-state index in [9.17, 15) is 0 Å². The minimum absolute atomic E-state index is 0.218. The molecule has 0 saturated heterocycles. The highest BCUT2D eigenvalue weighted by Gasteiger charge is 2.27. The van der Waals surface area contributed by atoms with E-state index >= 15 is 0 Å². The van der Waals surface area contributed by atoms with Gasteiger partial charge < -0.3 is 14.8 Å². The van der Waals surface area contributed by atoms with Gasteiger partial charge in [0, 0.05) is 6.04 Å². The summed E-state index contributed by atoms with van der Waals surface area (Å²) in [5.74, 6) is 2.34. The lowest BCUT2D eigenvalue weighted by Crippen LogP contribution is -2.26. The van der Waals surface area contributed by atoms with Crippen LogP contribution in [-0.4, -0.2) is 21.3 Å². The van der Waals surface area contributed by atoms with E-state index in [1.165, 1.54) is 0 Å². The second kappa shape index (κ2) is 6.98. The molecule has 0 fully saturated rings. The normalized spacial score (nSPS) is 14.8. The average Bonchev–Trinajstić information content (AvgIpc) is 2.42. The molecule has 0 aromatic heterocycles. The zero-order chi connectivity index (χ0) is 15.3. The van der Waals surface area contributed by atoms with Crippen LogP contribution in [0.25, 0.3) is 0 Å². The lowest BCUT2D eigenvalue weighted by Gasteiger charge is -2.31. The van der Waals surface area contributed by atoms with Crippen LogP contribution >= 0.6 is 0 Å². The Morgan fingerprint density at radius 1 is 1.10 bits per heavy atom. The van der Waals surface area contributed by atoms with Crippen molar-refractivity contribution in [1.82, 2.24) is 5.32 Å². The first-order valence-electron chi connectivity index (χ1n) is 7.23. The van der Waals surface area contributed by atoms with E-state index in [-0.39, 0.29) is 11.5 Å². The second-order valence-electron chi connectivity index (χ2n) is 6.42. The van der Waals surface area contributed by atoms with Crippen molar-refractivity contribution in [2.45, 2.75) is 40.2 Å². The van der Waals surface area contributed by atoms with Gasteiger partial charge in [-0.25, -0.2) is 0 Å². The van der Waals surface area contributed by atoms with Crippen LogP contribution in [0.15, 0.2) is 18.2 Å². The van der Waals surface area contributed by atoms with Crippen LogP contribution in [0.1, 0.15) is 45.7 Å². The first kappa shape index (κ1) is 16.8. The third-order valence-electron chi connectivity index (χ3n) is 4.23. The van der Waals surface area contributed by atoms with E-state index < -0.39 is 0 Å². The van der Waals surface area contributed by atoms with Gasteiger partial charge in [-0.1, -0.05) is 33.8 Å². The highest BCUT2D eigenvalue weighted by Crippen LogP contribution is 2.39. The lowest BCUT2D eigenvalue weighted by molar-refractivity contribution is 0.223. The van der Waals surface area contributed by atoms with E-state index in [2.05, 4.69) is 33.0 Å². The first-order valence-corrected chi connectivity index (χ1v) is 7.23. The van der Waals surface area contributed by atoms with Crippen LogP contribution in [0, 0.1) is 11.3 Å². The molecular formula is C17H29NO2. The molecule has 3 nitrogen and oxygen atoms in total. The summed E-state index contributed by atoms with van der Waals surface area (Å²) in [5, 5.41) is 3.41. The van der Waals surface area contributed by atoms with Gasteiger partial charge in [0.1, 0.15) is 11.5 Å². The largest absolute Gasteiger partial charge is 0.496 e. The Balaban J connectivity index is 3.12. The SMILES string of the molecule is CNC(CC(C)C(C)(C)C)c1c(OC)cccc1OC. The highest BCUT2D eigenvalue weighted by molar-refractivity contribution is 5.47. The van der Waals surface area contributed by atoms with Crippen molar-refractivity contribution in [3.8, 4) is 11.5 Å². The molecule has 3 heteroatoms. The van der Waals surface area contributed by atoms with Gasteiger partial charge in [-0.15, -0.1) is 0 Å². The monoisotopic (exact) mass is 279 g/mol. The van der Waals surface area contributed by atoms with Gasteiger partial charge in [-0.2, -0.15) is 0 Å². The van der Waals surface area contributed by atoms with Gasteiger partial charge in [0.2, 0.25) is 0 Å². The Morgan fingerprint density at radius 3 is 1.95 bits per heavy atom. The predicted octanol–water partition coefficient (Wildman–Crippen LogP) is 4.04. The smallest absolute Gasteiger partial charge is 0.127 e. The standard InChI is InChI=1S/C17H29NO2/c1-12(17(2,3)4)11-13(18-5)16-14(19-6)9-8-10-15(16)20-7/h8-10,12-13,18H,11H2,1-7H3. The average molecular weight is 279 g/mol. The molecule has 0 aliphatic heterocycles. The zero-order valence-corrected chi connectivity index (χ0v) is 13.9. The molecule has 0 amide bonds. The van der Waals surface area contributed by atoms with Crippen LogP contribution in [0.5, 0.6) is 11.5 Å². The van der Waals surface area contributed by atoms with Crippen molar-refractivity contribution in [2.75, 3.05) is 21.3 Å². The molecule has 1 aromatic rings. The highest BCUT2D eigenvalue weighted by atomic mass is 16.5.